The fraction of sp³-hybridized carbons (Fsp3) is 0.235. The van der Waals surface area contributed by atoms with Gasteiger partial charge in [-0.2, -0.15) is 0 Å². The van der Waals surface area contributed by atoms with Crippen LogP contribution in [0.5, 0.6) is 5.88 Å². The quantitative estimate of drug-likeness (QED) is 0.821. The zero-order chi connectivity index (χ0) is 19.4. The Morgan fingerprint density at radius 2 is 2.19 bits per heavy atom. The minimum atomic E-state index is -1.02. The van der Waals surface area contributed by atoms with E-state index < -0.39 is 18.3 Å². The first-order chi connectivity index (χ1) is 12.9. The van der Waals surface area contributed by atoms with Crippen molar-refractivity contribution < 1.29 is 18.7 Å². The highest BCUT2D eigenvalue weighted by molar-refractivity contribution is 6.02. The predicted molar refractivity (Wildman–Crippen MR) is 94.6 cm³/mol. The van der Waals surface area contributed by atoms with Gasteiger partial charge in [0.05, 0.1) is 18.1 Å². The monoisotopic (exact) mass is 372 g/mol. The molecule has 0 aromatic carbocycles. The topological polar surface area (TPSA) is 125 Å². The lowest BCUT2D eigenvalue weighted by Gasteiger charge is -2.26. The second-order valence-corrected chi connectivity index (χ2v) is 5.83. The highest BCUT2D eigenvalue weighted by atomic mass is 19.1. The molecule has 0 spiro atoms. The summed E-state index contributed by atoms with van der Waals surface area (Å²) in [5.41, 5.74) is 6.00. The zero-order valence-corrected chi connectivity index (χ0v) is 14.6. The van der Waals surface area contributed by atoms with Gasteiger partial charge in [0.1, 0.15) is 17.0 Å². The summed E-state index contributed by atoms with van der Waals surface area (Å²) in [6.45, 7) is 2.57. The van der Waals surface area contributed by atoms with Gasteiger partial charge in [0.25, 0.3) is 11.9 Å². The molecule has 0 aliphatic carbocycles. The van der Waals surface area contributed by atoms with E-state index in [-0.39, 0.29) is 17.6 Å². The maximum Gasteiger partial charge on any atom is 0.288 e. The zero-order valence-electron chi connectivity index (χ0n) is 14.6. The van der Waals surface area contributed by atoms with Crippen molar-refractivity contribution >= 4 is 17.6 Å². The Kier molecular flexibility index (Phi) is 4.97. The van der Waals surface area contributed by atoms with Crippen LogP contribution in [-0.2, 0) is 10.3 Å². The van der Waals surface area contributed by atoms with Gasteiger partial charge in [-0.05, 0) is 32.1 Å². The van der Waals surface area contributed by atoms with Crippen molar-refractivity contribution in [3.8, 4) is 5.88 Å². The number of halogens is 1. The number of amidine groups is 1. The van der Waals surface area contributed by atoms with Crippen LogP contribution >= 0.6 is 0 Å². The number of carbonyl (C=O) groups excluding carboxylic acids is 1. The summed E-state index contributed by atoms with van der Waals surface area (Å²) in [7, 11) is 0. The number of hydrogen-bond donors (Lipinski definition) is 2. The van der Waals surface area contributed by atoms with E-state index in [0.29, 0.717) is 17.1 Å². The maximum absolute atomic E-state index is 12.3. The lowest BCUT2D eigenvalue weighted by molar-refractivity contribution is 0.102. The summed E-state index contributed by atoms with van der Waals surface area (Å²) in [5.74, 6) is 0.107. The smallest absolute Gasteiger partial charge is 0.288 e. The van der Waals surface area contributed by atoms with Gasteiger partial charge in [0, 0.05) is 11.9 Å². The maximum atomic E-state index is 12.3. The Balaban J connectivity index is 1.80. The second-order valence-electron chi connectivity index (χ2n) is 5.83. The van der Waals surface area contributed by atoms with E-state index >= 15 is 0 Å². The van der Waals surface area contributed by atoms with Crippen LogP contribution in [0.4, 0.5) is 10.1 Å². The molecule has 27 heavy (non-hydrogen) atoms. The molecule has 9 nitrogen and oxygen atoms in total. The summed E-state index contributed by atoms with van der Waals surface area (Å²) >= 11 is 0. The molecule has 140 valence electrons. The average molecular weight is 372 g/mol. The van der Waals surface area contributed by atoms with Crippen LogP contribution < -0.4 is 15.8 Å². The van der Waals surface area contributed by atoms with E-state index in [4.69, 9.17) is 10.5 Å². The number of nitrogens with one attached hydrogen (secondary N) is 1. The molecule has 1 aliphatic rings. The van der Waals surface area contributed by atoms with Crippen molar-refractivity contribution in [3.05, 3.63) is 53.9 Å². The largest absolute Gasteiger partial charge is 0.445 e. The first kappa shape index (κ1) is 18.2. The number of carbonyl (C=O) groups is 1. The Morgan fingerprint density at radius 1 is 1.37 bits per heavy atom. The third-order valence-corrected chi connectivity index (χ3v) is 3.69. The normalized spacial score (nSPS) is 18.8. The molecule has 1 aliphatic heterocycles. The number of anilines is 1. The van der Waals surface area contributed by atoms with Gasteiger partial charge in [-0.25, -0.2) is 19.4 Å². The second kappa shape index (κ2) is 7.36. The van der Waals surface area contributed by atoms with Gasteiger partial charge >= 0.3 is 0 Å². The molecule has 3 heterocycles. The van der Waals surface area contributed by atoms with Crippen LogP contribution in [0.2, 0.25) is 0 Å². The Morgan fingerprint density at radius 3 is 2.85 bits per heavy atom. The Hall–Kier alpha value is -3.56. The molecule has 3 rings (SSSR count). The van der Waals surface area contributed by atoms with E-state index in [1.807, 2.05) is 6.92 Å². The van der Waals surface area contributed by atoms with E-state index in [1.54, 1.807) is 31.3 Å². The van der Waals surface area contributed by atoms with Crippen molar-refractivity contribution in [2.75, 3.05) is 12.2 Å². The first-order valence-corrected chi connectivity index (χ1v) is 7.91. The van der Waals surface area contributed by atoms with E-state index in [1.165, 1.54) is 12.4 Å². The number of hydrogen-bond acceptors (Lipinski definition) is 8. The lowest BCUT2D eigenvalue weighted by Crippen LogP contribution is -2.30. The number of nitrogens with two attached hydrogens (primary N) is 1. The number of aliphatic imine (C=N–C) groups is 1. The number of ether oxygens (including phenoxy) is 2. The van der Waals surface area contributed by atoms with Gasteiger partial charge in [-0.1, -0.05) is 0 Å². The number of rotatable bonds is 5. The van der Waals surface area contributed by atoms with Crippen LogP contribution in [0.25, 0.3) is 0 Å². The average Bonchev–Trinajstić information content (AvgIpc) is 2.62. The number of aromatic nitrogens is 3. The third-order valence-electron chi connectivity index (χ3n) is 3.69. The molecule has 1 atom stereocenters. The van der Waals surface area contributed by atoms with Crippen LogP contribution in [-0.4, -0.2) is 33.7 Å². The van der Waals surface area contributed by atoms with Crippen molar-refractivity contribution in [3.63, 3.8) is 0 Å². The summed E-state index contributed by atoms with van der Waals surface area (Å²) in [5, 5.41) is 2.70. The fourth-order valence-corrected chi connectivity index (χ4v) is 2.55. The van der Waals surface area contributed by atoms with Crippen LogP contribution in [0.1, 0.15) is 30.0 Å². The number of allylic oxidation sites excluding steroid dienone is 1. The van der Waals surface area contributed by atoms with Gasteiger partial charge in [-0.3, -0.25) is 9.78 Å². The van der Waals surface area contributed by atoms with Crippen molar-refractivity contribution in [2.45, 2.75) is 19.4 Å². The van der Waals surface area contributed by atoms with Gasteiger partial charge in [0.2, 0.25) is 12.7 Å². The Bertz CT molecular complexity index is 895. The van der Waals surface area contributed by atoms with Crippen LogP contribution in [0, 0.1) is 0 Å². The van der Waals surface area contributed by atoms with Gasteiger partial charge in [-0.15, -0.1) is 0 Å². The third kappa shape index (κ3) is 4.17. The summed E-state index contributed by atoms with van der Waals surface area (Å²) < 4.78 is 21.9. The van der Waals surface area contributed by atoms with E-state index in [2.05, 4.69) is 30.0 Å². The van der Waals surface area contributed by atoms with Gasteiger partial charge in [0.15, 0.2) is 0 Å². The number of alkyl halides is 1. The number of amides is 1. The van der Waals surface area contributed by atoms with E-state index in [0.717, 1.165) is 0 Å². The molecule has 0 saturated heterocycles. The summed E-state index contributed by atoms with van der Waals surface area (Å²) in [4.78, 5) is 28.6. The number of pyridine rings is 1. The molecule has 0 bridgehead atoms. The minimum Gasteiger partial charge on any atom is -0.445 e. The molecule has 0 unspecified atom stereocenters. The van der Waals surface area contributed by atoms with Crippen molar-refractivity contribution in [1.82, 2.24) is 15.0 Å². The summed E-state index contributed by atoms with van der Waals surface area (Å²) in [6, 6.07) is 3.35. The molecule has 2 aromatic rings. The molecule has 1 amide bonds. The molecule has 0 fully saturated rings. The number of nitrogens with zero attached hydrogens (tertiary/aromatic N) is 4. The standard InChI is InChI=1S/C17H17FN6O3/c1-10-6-17(2,24-16(19)27-10)13-5-11(3-4-20-13)23-15(25)12-7-22-14(8-21-12)26-9-18/h3-8H,9H2,1-2H3,(H2,19,24)(H,20,23,25)/t17-/m0/s1. The van der Waals surface area contributed by atoms with Gasteiger partial charge < -0.3 is 20.5 Å². The fourth-order valence-electron chi connectivity index (χ4n) is 2.55. The summed E-state index contributed by atoms with van der Waals surface area (Å²) in [6.07, 6.45) is 5.69. The molecule has 3 N–H and O–H groups in total. The van der Waals surface area contributed by atoms with Crippen molar-refractivity contribution in [2.24, 2.45) is 10.7 Å². The van der Waals surface area contributed by atoms with E-state index in [9.17, 15) is 9.18 Å². The lowest BCUT2D eigenvalue weighted by atomic mass is 9.96. The van der Waals surface area contributed by atoms with Crippen LogP contribution in [0.3, 0.4) is 0 Å². The molecular weight excluding hydrogens is 355 g/mol. The van der Waals surface area contributed by atoms with Crippen LogP contribution in [0.15, 0.2) is 47.6 Å². The first-order valence-electron chi connectivity index (χ1n) is 7.91. The van der Waals surface area contributed by atoms with Crippen molar-refractivity contribution in [1.29, 1.82) is 0 Å². The molecule has 10 heteroatoms. The minimum absolute atomic E-state index is 0.00898. The highest BCUT2D eigenvalue weighted by Gasteiger charge is 2.30. The molecular formula is C17H17FN6O3. The highest BCUT2D eigenvalue weighted by Crippen LogP contribution is 2.31. The molecule has 0 saturated carbocycles. The predicted octanol–water partition coefficient (Wildman–Crippen LogP) is 1.89. The SMILES string of the molecule is CC1=C[C@@](C)(c2cc(NC(=O)c3cnc(OCF)cn3)ccn2)N=C(N)O1. The molecule has 2 aromatic heterocycles. The Labute approximate surface area is 154 Å². The molecule has 0 radical (unpaired) electrons.